The Labute approximate surface area is 103 Å². The molecule has 17 heavy (non-hydrogen) atoms. The molecule has 2 aromatic carbocycles. The maximum Gasteiger partial charge on any atom is 0.00289 e. The van der Waals surface area contributed by atoms with Gasteiger partial charge in [0.1, 0.15) is 0 Å². The van der Waals surface area contributed by atoms with Crippen LogP contribution in [0, 0.1) is 0 Å². The van der Waals surface area contributed by atoms with Crippen molar-refractivity contribution >= 4 is 28.5 Å². The fraction of sp³-hybridized carbons (Fsp3) is 0.250. The van der Waals surface area contributed by atoms with Gasteiger partial charge in [0.25, 0.3) is 0 Å². The van der Waals surface area contributed by atoms with E-state index in [-0.39, 0.29) is 7.53 Å². The molecule has 0 aliphatic heterocycles. The van der Waals surface area contributed by atoms with E-state index < -0.39 is 0 Å². The van der Waals surface area contributed by atoms with Gasteiger partial charge in [0, 0.05) is 15.4 Å². The average molecular weight is 240 g/mol. The lowest BCUT2D eigenvalue weighted by atomic mass is 10.2. The van der Waals surface area contributed by atoms with Crippen LogP contribution in [-0.4, -0.2) is 0 Å². The highest BCUT2D eigenvalue weighted by Crippen LogP contribution is 2.57. The summed E-state index contributed by atoms with van der Waals surface area (Å²) in [7, 11) is -0.218. The Bertz CT molecular complexity index is 630. The molecular weight excluding hydrogens is 223 g/mol. The number of rotatable bonds is 0. The molecule has 1 heterocycles. The van der Waals surface area contributed by atoms with E-state index in [9.17, 15) is 0 Å². The maximum atomic E-state index is 2.36. The summed E-state index contributed by atoms with van der Waals surface area (Å²) >= 11 is 0. The minimum atomic E-state index is -0.218. The van der Waals surface area contributed by atoms with Crippen molar-refractivity contribution in [3.05, 3.63) is 48.5 Å². The van der Waals surface area contributed by atoms with E-state index >= 15 is 0 Å². The summed E-state index contributed by atoms with van der Waals surface area (Å²) in [6.07, 6.45) is 0. The first-order valence-corrected chi connectivity index (χ1v) is 7.42. The standard InChI is InChI=1S/C16H17P/c1-16(2,3)17-14-10-6-4-8-12(14)13-9-5-7-11-15(13)17/h4-11H,1-3H3. The highest BCUT2D eigenvalue weighted by Gasteiger charge is 2.21. The summed E-state index contributed by atoms with van der Waals surface area (Å²) in [6, 6.07) is 17.8. The Balaban J connectivity index is 2.60. The summed E-state index contributed by atoms with van der Waals surface area (Å²) in [5, 5.41) is 6.33. The third kappa shape index (κ3) is 1.59. The molecule has 0 N–H and O–H groups in total. The highest BCUT2D eigenvalue weighted by atomic mass is 31.1. The van der Waals surface area contributed by atoms with Crippen LogP contribution in [0.3, 0.4) is 0 Å². The van der Waals surface area contributed by atoms with Crippen molar-refractivity contribution in [1.29, 1.82) is 0 Å². The maximum absolute atomic E-state index is 2.36. The van der Waals surface area contributed by atoms with Crippen molar-refractivity contribution in [3.63, 3.8) is 0 Å². The van der Waals surface area contributed by atoms with Crippen LogP contribution in [0.1, 0.15) is 20.8 Å². The molecular formula is C16H17P. The van der Waals surface area contributed by atoms with Gasteiger partial charge in [0.15, 0.2) is 0 Å². The fourth-order valence-electron chi connectivity index (χ4n) is 2.65. The number of fused-ring (bicyclic) bond motifs is 3. The molecule has 0 unspecified atom stereocenters. The van der Waals surface area contributed by atoms with E-state index in [2.05, 4.69) is 69.3 Å². The summed E-state index contributed by atoms with van der Waals surface area (Å²) < 4.78 is 0. The van der Waals surface area contributed by atoms with Crippen LogP contribution in [0.15, 0.2) is 48.5 Å². The number of benzene rings is 2. The Kier molecular flexibility index (Phi) is 2.31. The van der Waals surface area contributed by atoms with Gasteiger partial charge < -0.3 is 0 Å². The Morgan fingerprint density at radius 1 is 0.706 bits per heavy atom. The first kappa shape index (κ1) is 10.9. The van der Waals surface area contributed by atoms with Gasteiger partial charge in [-0.05, 0) is 10.8 Å². The fourth-order valence-corrected chi connectivity index (χ4v) is 5.69. The van der Waals surface area contributed by atoms with Gasteiger partial charge in [-0.2, -0.15) is 0 Å². The third-order valence-electron chi connectivity index (χ3n) is 3.25. The van der Waals surface area contributed by atoms with Gasteiger partial charge in [-0.1, -0.05) is 69.3 Å². The molecule has 0 spiro atoms. The van der Waals surface area contributed by atoms with Crippen molar-refractivity contribution in [3.8, 4) is 0 Å². The molecule has 0 nitrogen and oxygen atoms in total. The second kappa shape index (κ2) is 3.62. The molecule has 0 aliphatic rings. The molecule has 0 amide bonds. The third-order valence-corrected chi connectivity index (χ3v) is 6.34. The highest BCUT2D eigenvalue weighted by molar-refractivity contribution is 7.62. The van der Waals surface area contributed by atoms with Crippen LogP contribution < -0.4 is 0 Å². The summed E-state index contributed by atoms with van der Waals surface area (Å²) in [5.74, 6) is 0. The van der Waals surface area contributed by atoms with E-state index in [1.165, 1.54) is 10.8 Å². The smallest absolute Gasteiger partial charge is 0.00289 e. The van der Waals surface area contributed by atoms with Gasteiger partial charge in [0.05, 0.1) is 0 Å². The molecule has 0 aliphatic carbocycles. The van der Waals surface area contributed by atoms with Crippen molar-refractivity contribution in [1.82, 2.24) is 0 Å². The predicted octanol–water partition coefficient (Wildman–Crippen LogP) is 5.73. The van der Waals surface area contributed by atoms with Gasteiger partial charge in [0.2, 0.25) is 0 Å². The summed E-state index contributed by atoms with van der Waals surface area (Å²) in [6.45, 7) is 7.08. The summed E-state index contributed by atoms with van der Waals surface area (Å²) in [5.41, 5.74) is 0. The molecule has 3 rings (SSSR count). The Morgan fingerprint density at radius 2 is 1.12 bits per heavy atom. The molecule has 0 radical (unpaired) electrons. The van der Waals surface area contributed by atoms with Crippen molar-refractivity contribution in [2.24, 2.45) is 0 Å². The average Bonchev–Trinajstić information content (AvgIpc) is 2.63. The Hall–Kier alpha value is -1.26. The molecule has 0 saturated carbocycles. The van der Waals surface area contributed by atoms with Crippen LogP contribution in [0.25, 0.3) is 21.0 Å². The lowest BCUT2D eigenvalue weighted by molar-refractivity contribution is 0.721. The van der Waals surface area contributed by atoms with Gasteiger partial charge in [-0.3, -0.25) is 0 Å². The van der Waals surface area contributed by atoms with Gasteiger partial charge >= 0.3 is 0 Å². The minimum Gasteiger partial charge on any atom is -0.103 e. The zero-order valence-electron chi connectivity index (χ0n) is 10.6. The minimum absolute atomic E-state index is 0.218. The van der Waals surface area contributed by atoms with Crippen molar-refractivity contribution in [2.75, 3.05) is 0 Å². The molecule has 0 saturated heterocycles. The number of hydrogen-bond acceptors (Lipinski definition) is 0. The largest absolute Gasteiger partial charge is 0.103 e. The molecule has 1 aromatic heterocycles. The normalized spacial score (nSPS) is 12.4. The molecule has 3 aromatic rings. The van der Waals surface area contributed by atoms with Crippen LogP contribution in [0.5, 0.6) is 0 Å². The molecule has 1 heteroatoms. The van der Waals surface area contributed by atoms with E-state index in [0.717, 1.165) is 0 Å². The van der Waals surface area contributed by atoms with Crippen molar-refractivity contribution in [2.45, 2.75) is 25.9 Å². The second-order valence-corrected chi connectivity index (χ2v) is 8.52. The van der Waals surface area contributed by atoms with E-state index in [1.807, 2.05) is 0 Å². The topological polar surface area (TPSA) is 0 Å². The second-order valence-electron chi connectivity index (χ2n) is 5.54. The molecule has 0 atom stereocenters. The molecule has 86 valence electrons. The lowest BCUT2D eigenvalue weighted by Crippen LogP contribution is -1.99. The first-order chi connectivity index (χ1) is 8.09. The molecule has 0 bridgehead atoms. The van der Waals surface area contributed by atoms with Crippen LogP contribution >= 0.6 is 7.53 Å². The van der Waals surface area contributed by atoms with Crippen LogP contribution in [0.4, 0.5) is 0 Å². The van der Waals surface area contributed by atoms with E-state index in [4.69, 9.17) is 0 Å². The van der Waals surface area contributed by atoms with Crippen LogP contribution in [-0.2, 0) is 5.16 Å². The zero-order valence-corrected chi connectivity index (χ0v) is 11.5. The first-order valence-electron chi connectivity index (χ1n) is 6.08. The van der Waals surface area contributed by atoms with Gasteiger partial charge in [-0.15, -0.1) is 7.53 Å². The van der Waals surface area contributed by atoms with E-state index in [0.29, 0.717) is 5.16 Å². The van der Waals surface area contributed by atoms with Crippen LogP contribution in [0.2, 0.25) is 0 Å². The lowest BCUT2D eigenvalue weighted by Gasteiger charge is -2.20. The quantitative estimate of drug-likeness (QED) is 0.470. The van der Waals surface area contributed by atoms with E-state index in [1.54, 1.807) is 10.2 Å². The zero-order chi connectivity index (χ0) is 12.0. The van der Waals surface area contributed by atoms with Crippen molar-refractivity contribution < 1.29 is 0 Å². The molecule has 0 fully saturated rings. The summed E-state index contributed by atoms with van der Waals surface area (Å²) in [4.78, 5) is 0. The monoisotopic (exact) mass is 240 g/mol. The predicted molar refractivity (Wildman–Crippen MR) is 79.2 cm³/mol. The van der Waals surface area contributed by atoms with Gasteiger partial charge in [-0.25, -0.2) is 0 Å². The number of hydrogen-bond donors (Lipinski definition) is 0. The Morgan fingerprint density at radius 3 is 1.53 bits per heavy atom. The SMILES string of the molecule is CC(C)(C)p1c2ccccc2c2ccccc21.